The Morgan fingerprint density at radius 1 is 1.28 bits per heavy atom. The highest BCUT2D eigenvalue weighted by atomic mass is 16.5. The van der Waals surface area contributed by atoms with Gasteiger partial charge in [-0.2, -0.15) is 0 Å². The molecule has 0 heterocycles. The zero-order chi connectivity index (χ0) is 13.6. The van der Waals surface area contributed by atoms with Crippen LogP contribution in [0.4, 0.5) is 0 Å². The van der Waals surface area contributed by atoms with E-state index in [-0.39, 0.29) is 11.6 Å². The zero-order valence-electron chi connectivity index (χ0n) is 12.2. The van der Waals surface area contributed by atoms with E-state index < -0.39 is 0 Å². The summed E-state index contributed by atoms with van der Waals surface area (Å²) in [4.78, 5) is 13.7. The van der Waals surface area contributed by atoms with E-state index in [9.17, 15) is 4.79 Å². The molecule has 4 nitrogen and oxygen atoms in total. The molecule has 0 aromatic heterocycles. The molecule has 0 spiro atoms. The molecule has 1 rings (SSSR count). The Kier molecular flexibility index (Phi) is 6.09. The zero-order valence-corrected chi connectivity index (χ0v) is 12.2. The second-order valence-corrected chi connectivity index (χ2v) is 5.70. The van der Waals surface area contributed by atoms with Gasteiger partial charge in [0.1, 0.15) is 0 Å². The van der Waals surface area contributed by atoms with E-state index in [1.54, 1.807) is 7.11 Å². The Hall–Kier alpha value is -0.610. The van der Waals surface area contributed by atoms with Crippen molar-refractivity contribution in [2.45, 2.75) is 57.6 Å². The molecular formula is C14H27NO3. The number of nitrogens with zero attached hydrogens (tertiary/aromatic N) is 1. The van der Waals surface area contributed by atoms with Gasteiger partial charge in [-0.1, -0.05) is 12.8 Å². The molecule has 1 fully saturated rings. The smallest absolute Gasteiger partial charge is 0.319 e. The van der Waals surface area contributed by atoms with Crippen LogP contribution in [0.5, 0.6) is 0 Å². The molecule has 0 amide bonds. The van der Waals surface area contributed by atoms with Gasteiger partial charge in [0.2, 0.25) is 0 Å². The molecule has 0 atom stereocenters. The fourth-order valence-electron chi connectivity index (χ4n) is 2.41. The van der Waals surface area contributed by atoms with Crippen LogP contribution in [0.15, 0.2) is 0 Å². The van der Waals surface area contributed by atoms with E-state index in [4.69, 9.17) is 9.47 Å². The molecule has 0 unspecified atom stereocenters. The highest BCUT2D eigenvalue weighted by molar-refractivity contribution is 5.71. The number of hydrogen-bond acceptors (Lipinski definition) is 4. The van der Waals surface area contributed by atoms with Gasteiger partial charge in [0.15, 0.2) is 0 Å². The molecule has 0 aromatic rings. The largest absolute Gasteiger partial charge is 0.468 e. The minimum absolute atomic E-state index is 0.132. The number of carbonyl (C=O) groups is 1. The second-order valence-electron chi connectivity index (χ2n) is 5.70. The van der Waals surface area contributed by atoms with Crippen molar-refractivity contribution in [2.75, 3.05) is 27.3 Å². The Labute approximate surface area is 111 Å². The lowest BCUT2D eigenvalue weighted by Gasteiger charge is -2.31. The quantitative estimate of drug-likeness (QED) is 0.656. The van der Waals surface area contributed by atoms with Crippen molar-refractivity contribution < 1.29 is 14.3 Å². The molecule has 0 aromatic carbocycles. The summed E-state index contributed by atoms with van der Waals surface area (Å²) < 4.78 is 10.2. The fourth-order valence-corrected chi connectivity index (χ4v) is 2.41. The van der Waals surface area contributed by atoms with Crippen LogP contribution in [0.25, 0.3) is 0 Å². The van der Waals surface area contributed by atoms with E-state index in [0.717, 1.165) is 13.0 Å². The van der Waals surface area contributed by atoms with Crippen LogP contribution in [0.2, 0.25) is 0 Å². The highest BCUT2D eigenvalue weighted by Gasteiger charge is 2.26. The lowest BCUT2D eigenvalue weighted by Crippen LogP contribution is -2.41. The predicted molar refractivity (Wildman–Crippen MR) is 71.6 cm³/mol. The van der Waals surface area contributed by atoms with E-state index in [2.05, 4.69) is 18.7 Å². The Morgan fingerprint density at radius 3 is 2.39 bits per heavy atom. The van der Waals surface area contributed by atoms with E-state index in [1.807, 2.05) is 0 Å². The molecule has 1 aliphatic carbocycles. The summed E-state index contributed by atoms with van der Waals surface area (Å²) in [7, 11) is 3.19. The second kappa shape index (κ2) is 7.10. The first-order chi connectivity index (χ1) is 8.48. The molecule has 0 N–H and O–H groups in total. The van der Waals surface area contributed by atoms with Crippen LogP contribution in [0.3, 0.4) is 0 Å². The van der Waals surface area contributed by atoms with Crippen molar-refractivity contribution in [2.24, 2.45) is 0 Å². The standard InChI is InChI=1S/C14H27NO3/c1-14(2,18-4)9-10-15(11-13(16)17-3)12-7-5-6-8-12/h12H,5-11H2,1-4H3. The summed E-state index contributed by atoms with van der Waals surface area (Å²) in [5, 5.41) is 0. The number of esters is 1. The summed E-state index contributed by atoms with van der Waals surface area (Å²) in [6.07, 6.45) is 5.87. The maximum atomic E-state index is 11.5. The van der Waals surface area contributed by atoms with Crippen LogP contribution in [0.1, 0.15) is 46.0 Å². The molecule has 0 bridgehead atoms. The molecular weight excluding hydrogens is 230 g/mol. The van der Waals surface area contributed by atoms with Crippen LogP contribution in [-0.2, 0) is 14.3 Å². The number of hydrogen-bond donors (Lipinski definition) is 0. The summed E-state index contributed by atoms with van der Waals surface area (Å²) >= 11 is 0. The van der Waals surface area contributed by atoms with E-state index in [0.29, 0.717) is 12.6 Å². The van der Waals surface area contributed by atoms with Crippen molar-refractivity contribution in [3.63, 3.8) is 0 Å². The lowest BCUT2D eigenvalue weighted by atomic mass is 10.0. The normalized spacial score (nSPS) is 17.4. The third kappa shape index (κ3) is 4.94. The van der Waals surface area contributed by atoms with Crippen molar-refractivity contribution in [3.8, 4) is 0 Å². The monoisotopic (exact) mass is 257 g/mol. The third-order valence-electron chi connectivity index (χ3n) is 3.95. The Bertz CT molecular complexity index is 260. The van der Waals surface area contributed by atoms with Gasteiger partial charge < -0.3 is 9.47 Å². The SMILES string of the molecule is COC(=O)CN(CCC(C)(C)OC)C1CCCC1. The molecule has 0 aliphatic heterocycles. The summed E-state index contributed by atoms with van der Waals surface area (Å²) in [6.45, 7) is 5.46. The van der Waals surface area contributed by atoms with Crippen molar-refractivity contribution in [1.29, 1.82) is 0 Å². The summed E-state index contributed by atoms with van der Waals surface area (Å²) in [5.74, 6) is -0.142. The topological polar surface area (TPSA) is 38.8 Å². The molecule has 1 saturated carbocycles. The van der Waals surface area contributed by atoms with Crippen molar-refractivity contribution in [1.82, 2.24) is 4.90 Å². The third-order valence-corrected chi connectivity index (χ3v) is 3.95. The fraction of sp³-hybridized carbons (Fsp3) is 0.929. The average Bonchev–Trinajstić information content (AvgIpc) is 2.87. The highest BCUT2D eigenvalue weighted by Crippen LogP contribution is 2.25. The Balaban J connectivity index is 2.51. The molecule has 0 saturated heterocycles. The summed E-state index contributed by atoms with van der Waals surface area (Å²) in [6, 6.07) is 0.539. The number of carbonyl (C=O) groups excluding carboxylic acids is 1. The predicted octanol–water partition coefficient (Wildman–Crippen LogP) is 2.22. The first-order valence-electron chi connectivity index (χ1n) is 6.84. The maximum Gasteiger partial charge on any atom is 0.319 e. The van der Waals surface area contributed by atoms with Gasteiger partial charge in [0, 0.05) is 19.7 Å². The molecule has 106 valence electrons. The van der Waals surface area contributed by atoms with Crippen molar-refractivity contribution >= 4 is 5.97 Å². The van der Waals surface area contributed by atoms with Gasteiger partial charge in [-0.15, -0.1) is 0 Å². The minimum atomic E-state index is -0.142. The van der Waals surface area contributed by atoms with Gasteiger partial charge in [-0.25, -0.2) is 0 Å². The van der Waals surface area contributed by atoms with E-state index >= 15 is 0 Å². The van der Waals surface area contributed by atoms with Gasteiger partial charge in [0.05, 0.1) is 19.3 Å². The van der Waals surface area contributed by atoms with Gasteiger partial charge in [-0.05, 0) is 33.1 Å². The van der Waals surface area contributed by atoms with Crippen LogP contribution >= 0.6 is 0 Å². The van der Waals surface area contributed by atoms with Crippen LogP contribution in [-0.4, -0.2) is 49.8 Å². The molecule has 1 aliphatic rings. The molecule has 18 heavy (non-hydrogen) atoms. The van der Waals surface area contributed by atoms with Gasteiger partial charge in [0.25, 0.3) is 0 Å². The number of ether oxygens (including phenoxy) is 2. The minimum Gasteiger partial charge on any atom is -0.468 e. The first-order valence-corrected chi connectivity index (χ1v) is 6.84. The summed E-state index contributed by atoms with van der Waals surface area (Å²) in [5.41, 5.74) is -0.132. The van der Waals surface area contributed by atoms with E-state index in [1.165, 1.54) is 32.8 Å². The Morgan fingerprint density at radius 2 is 1.89 bits per heavy atom. The average molecular weight is 257 g/mol. The lowest BCUT2D eigenvalue weighted by molar-refractivity contribution is -0.142. The number of methoxy groups -OCH3 is 2. The van der Waals surface area contributed by atoms with Gasteiger partial charge in [-0.3, -0.25) is 9.69 Å². The van der Waals surface area contributed by atoms with Crippen LogP contribution < -0.4 is 0 Å². The molecule has 0 radical (unpaired) electrons. The van der Waals surface area contributed by atoms with Gasteiger partial charge >= 0.3 is 5.97 Å². The molecule has 4 heteroatoms. The maximum absolute atomic E-state index is 11.5. The number of rotatable bonds is 7. The van der Waals surface area contributed by atoms with Crippen molar-refractivity contribution in [3.05, 3.63) is 0 Å². The van der Waals surface area contributed by atoms with Crippen LogP contribution in [0, 0.1) is 0 Å². The first kappa shape index (κ1) is 15.4.